The molecule has 4 aliphatic rings. The second-order valence-electron chi connectivity index (χ2n) is 12.2. The van der Waals surface area contributed by atoms with Crippen molar-refractivity contribution in [1.29, 1.82) is 0 Å². The molecule has 1 amide bonds. The van der Waals surface area contributed by atoms with E-state index in [0.717, 1.165) is 24.8 Å². The number of aryl methyl sites for hydroxylation is 2. The summed E-state index contributed by atoms with van der Waals surface area (Å²) in [5.41, 5.74) is 0.0925. The summed E-state index contributed by atoms with van der Waals surface area (Å²) >= 11 is 3.52. The van der Waals surface area contributed by atoms with Crippen LogP contribution in [0.1, 0.15) is 49.7 Å². The molecule has 2 aromatic carbocycles. The predicted octanol–water partition coefficient (Wildman–Crippen LogP) is 4.54. The van der Waals surface area contributed by atoms with E-state index in [9.17, 15) is 31.0 Å². The molecule has 15 heteroatoms. The molecule has 2 aromatic rings. The van der Waals surface area contributed by atoms with Gasteiger partial charge in [0.1, 0.15) is 17.3 Å². The molecule has 2 unspecified atom stereocenters. The molecule has 0 spiro atoms. The van der Waals surface area contributed by atoms with Gasteiger partial charge in [-0.15, -0.1) is 0 Å². The number of halogens is 2. The zero-order chi connectivity index (χ0) is 32.1. The molecule has 44 heavy (non-hydrogen) atoms. The minimum absolute atomic E-state index is 0.0314. The van der Waals surface area contributed by atoms with Gasteiger partial charge in [-0.1, -0.05) is 17.7 Å². The van der Waals surface area contributed by atoms with E-state index in [0.29, 0.717) is 24.8 Å². The minimum Gasteiger partial charge on any atom is -0.482 e. The van der Waals surface area contributed by atoms with Gasteiger partial charge < -0.3 is 14.2 Å². The number of hydrogen-bond donors (Lipinski definition) is 2. The van der Waals surface area contributed by atoms with Crippen LogP contribution in [0.15, 0.2) is 40.1 Å². The average Bonchev–Trinajstić information content (AvgIpc) is 2.87. The van der Waals surface area contributed by atoms with Crippen LogP contribution in [0, 0.1) is 38.2 Å². The first-order valence-corrected chi connectivity index (χ1v) is 19.1. The Balaban J connectivity index is 1.16. The summed E-state index contributed by atoms with van der Waals surface area (Å²) in [4.78, 5) is 25.8. The van der Waals surface area contributed by atoms with Gasteiger partial charge in [-0.2, -0.15) is 8.42 Å². The zero-order valence-corrected chi connectivity index (χ0v) is 30.0. The van der Waals surface area contributed by atoms with E-state index >= 15 is 0 Å². The number of benzene rings is 2. The fourth-order valence-electron chi connectivity index (χ4n) is 7.46. The third kappa shape index (κ3) is 7.21. The Labute approximate surface area is 284 Å². The lowest BCUT2D eigenvalue weighted by Crippen LogP contribution is -2.61. The summed E-state index contributed by atoms with van der Waals surface area (Å²) < 4.78 is 78.8. The molecule has 0 saturated heterocycles. The molecule has 11 nitrogen and oxygen atoms in total. The van der Waals surface area contributed by atoms with Crippen LogP contribution in [0.3, 0.4) is 0 Å². The van der Waals surface area contributed by atoms with Gasteiger partial charge >= 0.3 is 5.97 Å². The van der Waals surface area contributed by atoms with Crippen molar-refractivity contribution in [3.05, 3.63) is 48.6 Å². The Morgan fingerprint density at radius 1 is 0.977 bits per heavy atom. The second kappa shape index (κ2) is 12.6. The van der Waals surface area contributed by atoms with Crippen LogP contribution in [0.2, 0.25) is 0 Å². The van der Waals surface area contributed by atoms with Crippen LogP contribution < -0.4 is 9.46 Å². The van der Waals surface area contributed by atoms with Crippen molar-refractivity contribution in [2.75, 3.05) is 19.8 Å². The molecule has 4 fully saturated rings. The standard InChI is InChI=1S/C29H33I2NO10S2/c1-17-3-4-24(18(2)7-17)43(35,36)32-27(34)28-11-19-8-20(12-28)14-29(13-19,16-28)42-6-5-40-25(33)15-41-21-9-22(30)26(23(31)10-21)44(37,38)39/h3-4,7,9-10,19-20H,5-6,8,11-16H2,1-2H3,(H,32,34)(H,37,38,39). The van der Waals surface area contributed by atoms with Gasteiger partial charge in [-0.05, 0) is 133 Å². The molecule has 0 radical (unpaired) electrons. The van der Waals surface area contributed by atoms with E-state index in [1.54, 1.807) is 64.2 Å². The van der Waals surface area contributed by atoms with Gasteiger partial charge in [-0.3, -0.25) is 9.35 Å². The highest BCUT2D eigenvalue weighted by atomic mass is 127. The van der Waals surface area contributed by atoms with E-state index in [2.05, 4.69) is 4.72 Å². The quantitative estimate of drug-likeness (QED) is 0.142. The first-order chi connectivity index (χ1) is 20.5. The van der Waals surface area contributed by atoms with Crippen LogP contribution >= 0.6 is 45.2 Å². The Morgan fingerprint density at radius 3 is 2.20 bits per heavy atom. The van der Waals surface area contributed by atoms with Crippen molar-refractivity contribution in [1.82, 2.24) is 4.72 Å². The minimum atomic E-state index is -4.40. The molecule has 240 valence electrons. The molecule has 4 bridgehead atoms. The van der Waals surface area contributed by atoms with Crippen molar-refractivity contribution in [3.8, 4) is 5.75 Å². The lowest BCUT2D eigenvalue weighted by Gasteiger charge is -2.60. The summed E-state index contributed by atoms with van der Waals surface area (Å²) in [7, 11) is -8.44. The van der Waals surface area contributed by atoms with Crippen LogP contribution in [0.4, 0.5) is 0 Å². The Morgan fingerprint density at radius 2 is 1.61 bits per heavy atom. The van der Waals surface area contributed by atoms with E-state index in [1.165, 1.54) is 18.2 Å². The van der Waals surface area contributed by atoms with Crippen molar-refractivity contribution in [2.24, 2.45) is 17.3 Å². The number of carbonyl (C=O) groups excluding carboxylic acids is 2. The molecule has 0 aromatic heterocycles. The van der Waals surface area contributed by atoms with Gasteiger partial charge in [-0.25, -0.2) is 17.9 Å². The third-order valence-electron chi connectivity index (χ3n) is 8.68. The highest BCUT2D eigenvalue weighted by Gasteiger charge is 2.61. The van der Waals surface area contributed by atoms with Crippen molar-refractivity contribution < 1.29 is 45.2 Å². The monoisotopic (exact) mass is 873 g/mol. The van der Waals surface area contributed by atoms with Gasteiger partial charge in [0.2, 0.25) is 5.91 Å². The highest BCUT2D eigenvalue weighted by Crippen LogP contribution is 2.63. The number of nitrogens with one attached hydrogen (secondary N) is 1. The summed E-state index contributed by atoms with van der Waals surface area (Å²) in [5, 5.41) is 0. The maximum Gasteiger partial charge on any atom is 0.344 e. The molecule has 2 N–H and O–H groups in total. The number of carbonyl (C=O) groups is 2. The Bertz CT molecular complexity index is 1670. The van der Waals surface area contributed by atoms with Crippen molar-refractivity contribution in [2.45, 2.75) is 67.8 Å². The molecule has 2 atom stereocenters. The maximum absolute atomic E-state index is 13.7. The van der Waals surface area contributed by atoms with E-state index < -0.39 is 49.6 Å². The molecular formula is C29H33I2NO10S2. The predicted molar refractivity (Wildman–Crippen MR) is 175 cm³/mol. The number of hydrogen-bond acceptors (Lipinski definition) is 9. The van der Waals surface area contributed by atoms with E-state index in [4.69, 9.17) is 14.2 Å². The average molecular weight is 874 g/mol. The van der Waals surface area contributed by atoms with Crippen LogP contribution in [-0.4, -0.2) is 58.7 Å². The number of rotatable bonds is 11. The van der Waals surface area contributed by atoms with Crippen LogP contribution in [0.5, 0.6) is 5.75 Å². The fraction of sp³-hybridized carbons (Fsp3) is 0.517. The second-order valence-corrected chi connectivity index (χ2v) is 17.5. The lowest BCUT2D eigenvalue weighted by atomic mass is 9.47. The molecule has 6 rings (SSSR count). The first-order valence-electron chi connectivity index (χ1n) is 14.0. The Hall–Kier alpha value is -1.54. The third-order valence-corrected chi connectivity index (χ3v) is 13.6. The molecule has 0 heterocycles. The first kappa shape index (κ1) is 33.8. The number of ether oxygens (including phenoxy) is 3. The van der Waals surface area contributed by atoms with Crippen molar-refractivity contribution in [3.63, 3.8) is 0 Å². The molecular weight excluding hydrogens is 840 g/mol. The number of amides is 1. The van der Waals surface area contributed by atoms with Gasteiger partial charge in [0.05, 0.1) is 22.5 Å². The van der Waals surface area contributed by atoms with Gasteiger partial charge in [0.25, 0.3) is 20.1 Å². The zero-order valence-electron chi connectivity index (χ0n) is 24.1. The summed E-state index contributed by atoms with van der Waals surface area (Å²) in [6.07, 6.45) is 4.19. The molecule has 0 aliphatic heterocycles. The van der Waals surface area contributed by atoms with Crippen molar-refractivity contribution >= 4 is 77.2 Å². The highest BCUT2D eigenvalue weighted by molar-refractivity contribution is 14.1. The summed E-state index contributed by atoms with van der Waals surface area (Å²) in [6.45, 7) is 3.26. The molecule has 4 saturated carbocycles. The summed E-state index contributed by atoms with van der Waals surface area (Å²) in [5.74, 6) is -0.372. The van der Waals surface area contributed by atoms with Gasteiger partial charge in [0.15, 0.2) is 6.61 Å². The SMILES string of the molecule is Cc1ccc(S(=O)(=O)NC(=O)C23CC4CC(CC(OCCOC(=O)COc5cc(I)c(S(=O)(=O)O)c(I)c5)(C4)C2)C3)c(C)c1. The Kier molecular flexibility index (Phi) is 9.67. The lowest BCUT2D eigenvalue weighted by molar-refractivity contribution is -0.200. The number of esters is 1. The largest absolute Gasteiger partial charge is 0.482 e. The van der Waals surface area contributed by atoms with Crippen LogP contribution in [0.25, 0.3) is 0 Å². The summed E-state index contributed by atoms with van der Waals surface area (Å²) in [6, 6.07) is 7.81. The van der Waals surface area contributed by atoms with Gasteiger partial charge in [0, 0.05) is 7.14 Å². The maximum atomic E-state index is 13.7. The normalized spacial score (nSPS) is 25.9. The van der Waals surface area contributed by atoms with E-state index in [1.807, 2.05) is 6.92 Å². The topological polar surface area (TPSA) is 162 Å². The molecule has 4 aliphatic carbocycles. The van der Waals surface area contributed by atoms with E-state index in [-0.39, 0.29) is 47.7 Å². The smallest absolute Gasteiger partial charge is 0.344 e. The number of sulfonamides is 1. The van der Waals surface area contributed by atoms with Crippen LogP contribution in [-0.2, 0) is 39.2 Å². The fourth-order valence-corrected chi connectivity index (χ4v) is 12.8.